The number of methoxy groups -OCH3 is 1. The maximum Gasteiger partial charge on any atom is 0.266 e. The van der Waals surface area contributed by atoms with Crippen molar-refractivity contribution in [3.8, 4) is 11.5 Å². The molecule has 4 rings (SSSR count). The lowest BCUT2D eigenvalue weighted by Crippen LogP contribution is -2.28. The van der Waals surface area contributed by atoms with Gasteiger partial charge >= 0.3 is 0 Å². The maximum atomic E-state index is 13.2. The zero-order valence-corrected chi connectivity index (χ0v) is 22.6. The predicted octanol–water partition coefficient (Wildman–Crippen LogP) is 7.28. The van der Waals surface area contributed by atoms with Gasteiger partial charge in [-0.2, -0.15) is 0 Å². The number of halogens is 1. The molecular formula is C28H27BrN2O3S. The van der Waals surface area contributed by atoms with Crippen molar-refractivity contribution >= 4 is 50.5 Å². The Balaban J connectivity index is 1.62. The van der Waals surface area contributed by atoms with Gasteiger partial charge in [0.2, 0.25) is 0 Å². The molecule has 0 atom stereocenters. The number of ether oxygens (including phenoxy) is 2. The SMILES string of the molecule is CCN1C(=O)/C(=C\c2cc(Br)c(OCc3ccccc3)c(OC)c2)SC1=Nc1c(C)cccc1C. The quantitative estimate of drug-likeness (QED) is 0.290. The molecule has 0 N–H and O–H groups in total. The molecule has 5 nitrogen and oxygen atoms in total. The van der Waals surface area contributed by atoms with E-state index in [2.05, 4.69) is 15.9 Å². The number of carbonyl (C=O) groups is 1. The summed E-state index contributed by atoms with van der Waals surface area (Å²) in [6.45, 7) is 7.00. The number of amidine groups is 1. The van der Waals surface area contributed by atoms with Crippen molar-refractivity contribution in [2.75, 3.05) is 13.7 Å². The monoisotopic (exact) mass is 550 g/mol. The second-order valence-corrected chi connectivity index (χ2v) is 9.97. The fourth-order valence-electron chi connectivity index (χ4n) is 3.79. The molecule has 3 aromatic carbocycles. The Morgan fingerprint density at radius 3 is 2.43 bits per heavy atom. The molecule has 0 aromatic heterocycles. The van der Waals surface area contributed by atoms with Crippen LogP contribution >= 0.6 is 27.7 Å². The van der Waals surface area contributed by atoms with Crippen LogP contribution in [0.5, 0.6) is 11.5 Å². The molecule has 0 saturated carbocycles. The topological polar surface area (TPSA) is 51.1 Å². The third kappa shape index (κ3) is 5.63. The Kier molecular flexibility index (Phi) is 7.98. The zero-order chi connectivity index (χ0) is 24.9. The molecule has 0 spiro atoms. The summed E-state index contributed by atoms with van der Waals surface area (Å²) in [5, 5.41) is 0.690. The molecule has 35 heavy (non-hydrogen) atoms. The molecule has 1 amide bonds. The summed E-state index contributed by atoms with van der Waals surface area (Å²) in [6.07, 6.45) is 1.87. The first-order valence-electron chi connectivity index (χ1n) is 11.3. The number of rotatable bonds is 7. The Morgan fingerprint density at radius 1 is 1.06 bits per heavy atom. The number of carbonyl (C=O) groups excluding carboxylic acids is 1. The van der Waals surface area contributed by atoms with Gasteiger partial charge in [0.05, 0.1) is 22.2 Å². The van der Waals surface area contributed by atoms with Crippen LogP contribution in [-0.2, 0) is 11.4 Å². The number of likely N-dealkylation sites (N-methyl/N-ethyl adjacent to an activating group) is 1. The highest BCUT2D eigenvalue weighted by atomic mass is 79.9. The molecule has 1 saturated heterocycles. The van der Waals surface area contributed by atoms with Gasteiger partial charge in [-0.15, -0.1) is 0 Å². The number of hydrogen-bond acceptors (Lipinski definition) is 5. The normalized spacial score (nSPS) is 15.8. The minimum Gasteiger partial charge on any atom is -0.493 e. The van der Waals surface area contributed by atoms with E-state index in [1.807, 2.05) is 87.5 Å². The number of thioether (sulfide) groups is 1. The van der Waals surface area contributed by atoms with E-state index in [4.69, 9.17) is 14.5 Å². The molecule has 1 heterocycles. The summed E-state index contributed by atoms with van der Waals surface area (Å²) in [6, 6.07) is 19.9. The van der Waals surface area contributed by atoms with E-state index in [-0.39, 0.29) is 5.91 Å². The van der Waals surface area contributed by atoms with Crippen LogP contribution in [0.1, 0.15) is 29.2 Å². The van der Waals surface area contributed by atoms with Gasteiger partial charge in [0.25, 0.3) is 5.91 Å². The van der Waals surface area contributed by atoms with Crippen molar-refractivity contribution in [1.82, 2.24) is 4.90 Å². The van der Waals surface area contributed by atoms with E-state index in [1.165, 1.54) is 11.8 Å². The highest BCUT2D eigenvalue weighted by molar-refractivity contribution is 9.10. The Morgan fingerprint density at radius 2 is 1.77 bits per heavy atom. The van der Waals surface area contributed by atoms with E-state index in [1.54, 1.807) is 12.0 Å². The summed E-state index contributed by atoms with van der Waals surface area (Å²) >= 11 is 5.00. The molecule has 0 radical (unpaired) electrons. The highest BCUT2D eigenvalue weighted by Gasteiger charge is 2.32. The Bertz CT molecular complexity index is 1280. The Hall–Kier alpha value is -3.03. The van der Waals surface area contributed by atoms with Crippen LogP contribution in [-0.4, -0.2) is 29.6 Å². The number of benzene rings is 3. The van der Waals surface area contributed by atoms with Crippen molar-refractivity contribution in [1.29, 1.82) is 0 Å². The molecule has 0 unspecified atom stereocenters. The van der Waals surface area contributed by atoms with Crippen LogP contribution in [0.4, 0.5) is 5.69 Å². The average Bonchev–Trinajstić information content (AvgIpc) is 3.14. The molecule has 180 valence electrons. The molecule has 0 bridgehead atoms. The minimum atomic E-state index is -0.0537. The largest absolute Gasteiger partial charge is 0.493 e. The van der Waals surface area contributed by atoms with Gasteiger partial charge < -0.3 is 9.47 Å². The number of amides is 1. The molecule has 1 fully saturated rings. The van der Waals surface area contributed by atoms with Crippen LogP contribution in [0, 0.1) is 13.8 Å². The van der Waals surface area contributed by atoms with E-state index in [0.29, 0.717) is 34.7 Å². The van der Waals surface area contributed by atoms with Crippen LogP contribution < -0.4 is 9.47 Å². The summed E-state index contributed by atoms with van der Waals surface area (Å²) in [5.74, 6) is 1.16. The van der Waals surface area contributed by atoms with Crippen molar-refractivity contribution in [3.05, 3.63) is 92.3 Å². The second kappa shape index (κ2) is 11.1. The lowest BCUT2D eigenvalue weighted by atomic mass is 10.1. The maximum absolute atomic E-state index is 13.2. The predicted molar refractivity (Wildman–Crippen MR) is 147 cm³/mol. The third-order valence-electron chi connectivity index (χ3n) is 5.63. The minimum absolute atomic E-state index is 0.0537. The summed E-state index contributed by atoms with van der Waals surface area (Å²) < 4.78 is 12.4. The van der Waals surface area contributed by atoms with Gasteiger partial charge in [0.15, 0.2) is 16.7 Å². The lowest BCUT2D eigenvalue weighted by molar-refractivity contribution is -0.122. The van der Waals surface area contributed by atoms with Crippen LogP contribution in [0.25, 0.3) is 6.08 Å². The molecule has 3 aromatic rings. The first kappa shape index (κ1) is 25.1. The van der Waals surface area contributed by atoms with Crippen molar-refractivity contribution in [2.45, 2.75) is 27.4 Å². The van der Waals surface area contributed by atoms with E-state index in [0.717, 1.165) is 32.4 Å². The zero-order valence-electron chi connectivity index (χ0n) is 20.2. The number of nitrogens with zero attached hydrogens (tertiary/aromatic N) is 2. The standard InChI is InChI=1S/C28H27BrN2O3S/c1-5-31-27(32)24(35-28(31)30-25-18(2)10-9-11-19(25)3)16-21-14-22(29)26(23(15-21)33-4)34-17-20-12-7-6-8-13-20/h6-16H,5,17H2,1-4H3/b24-16+,30-28?. The Labute approximate surface area is 219 Å². The van der Waals surface area contributed by atoms with Crippen LogP contribution in [0.2, 0.25) is 0 Å². The van der Waals surface area contributed by atoms with Gasteiger partial charge in [-0.05, 0) is 88.9 Å². The molecule has 1 aliphatic heterocycles. The highest BCUT2D eigenvalue weighted by Crippen LogP contribution is 2.40. The van der Waals surface area contributed by atoms with Gasteiger partial charge in [-0.25, -0.2) is 4.99 Å². The van der Waals surface area contributed by atoms with E-state index >= 15 is 0 Å². The first-order chi connectivity index (χ1) is 16.9. The summed E-state index contributed by atoms with van der Waals surface area (Å²) in [5.41, 5.74) is 4.97. The van der Waals surface area contributed by atoms with E-state index in [9.17, 15) is 4.79 Å². The molecule has 0 aliphatic carbocycles. The first-order valence-corrected chi connectivity index (χ1v) is 12.9. The smallest absolute Gasteiger partial charge is 0.266 e. The molecular weight excluding hydrogens is 524 g/mol. The van der Waals surface area contributed by atoms with Crippen molar-refractivity contribution < 1.29 is 14.3 Å². The van der Waals surface area contributed by atoms with Gasteiger partial charge in [-0.3, -0.25) is 9.69 Å². The van der Waals surface area contributed by atoms with Gasteiger partial charge in [-0.1, -0.05) is 48.5 Å². The van der Waals surface area contributed by atoms with Gasteiger partial charge in [0, 0.05) is 6.54 Å². The molecule has 7 heteroatoms. The number of hydrogen-bond donors (Lipinski definition) is 0. The average molecular weight is 552 g/mol. The van der Waals surface area contributed by atoms with Gasteiger partial charge in [0.1, 0.15) is 6.61 Å². The van der Waals surface area contributed by atoms with E-state index < -0.39 is 0 Å². The fraction of sp³-hybridized carbons (Fsp3) is 0.214. The van der Waals surface area contributed by atoms with Crippen LogP contribution in [0.15, 0.2) is 75.0 Å². The third-order valence-corrected chi connectivity index (χ3v) is 7.22. The number of aryl methyl sites for hydroxylation is 2. The van der Waals surface area contributed by atoms with Crippen molar-refractivity contribution in [2.24, 2.45) is 4.99 Å². The summed E-state index contributed by atoms with van der Waals surface area (Å²) in [4.78, 5) is 20.4. The lowest BCUT2D eigenvalue weighted by Gasteiger charge is -2.14. The number of para-hydroxylation sites is 1. The fourth-order valence-corrected chi connectivity index (χ4v) is 5.41. The summed E-state index contributed by atoms with van der Waals surface area (Å²) in [7, 11) is 1.61. The number of aliphatic imine (C=N–C) groups is 1. The molecule has 1 aliphatic rings. The second-order valence-electron chi connectivity index (χ2n) is 8.10. The van der Waals surface area contributed by atoms with Crippen molar-refractivity contribution in [3.63, 3.8) is 0 Å². The van der Waals surface area contributed by atoms with Crippen LogP contribution in [0.3, 0.4) is 0 Å².